The van der Waals surface area contributed by atoms with Gasteiger partial charge in [0.2, 0.25) is 0 Å². The quantitative estimate of drug-likeness (QED) is 0.756. The van der Waals surface area contributed by atoms with Crippen molar-refractivity contribution in [2.75, 3.05) is 33.7 Å². The summed E-state index contributed by atoms with van der Waals surface area (Å²) >= 11 is 0. The van der Waals surface area contributed by atoms with Crippen LogP contribution in [0.2, 0.25) is 0 Å². The van der Waals surface area contributed by atoms with E-state index < -0.39 is 0 Å². The molecule has 1 N–H and O–H groups in total. The van der Waals surface area contributed by atoms with Gasteiger partial charge in [-0.3, -0.25) is 4.90 Å². The van der Waals surface area contributed by atoms with Crippen molar-refractivity contribution in [1.82, 2.24) is 15.1 Å². The van der Waals surface area contributed by atoms with Crippen LogP contribution in [0, 0.1) is 5.92 Å². The van der Waals surface area contributed by atoms with Crippen molar-refractivity contribution in [2.24, 2.45) is 5.92 Å². The summed E-state index contributed by atoms with van der Waals surface area (Å²) in [6.45, 7) is 8.43. The first kappa shape index (κ1) is 13.3. The Kier molecular flexibility index (Phi) is 4.45. The van der Waals surface area contributed by atoms with E-state index in [9.17, 15) is 0 Å². The first-order valence-electron chi connectivity index (χ1n) is 7.25. The summed E-state index contributed by atoms with van der Waals surface area (Å²) in [5.74, 6) is 0.806. The number of hydrogen-bond acceptors (Lipinski definition) is 3. The highest BCUT2D eigenvalue weighted by atomic mass is 15.3. The number of nitrogens with one attached hydrogen (secondary N) is 1. The third-order valence-electron chi connectivity index (χ3n) is 4.47. The molecule has 0 aromatic rings. The summed E-state index contributed by atoms with van der Waals surface area (Å²) in [6.07, 6.45) is 4.06. The molecule has 100 valence electrons. The lowest BCUT2D eigenvalue weighted by Crippen LogP contribution is -2.43. The Balaban J connectivity index is 1.82. The summed E-state index contributed by atoms with van der Waals surface area (Å²) in [7, 11) is 4.43. The maximum Gasteiger partial charge on any atom is 0.0254 e. The van der Waals surface area contributed by atoms with Gasteiger partial charge in [0, 0.05) is 37.8 Å². The van der Waals surface area contributed by atoms with Gasteiger partial charge in [0.25, 0.3) is 0 Å². The minimum Gasteiger partial charge on any atom is -0.312 e. The predicted octanol–water partition coefficient (Wildman–Crippen LogP) is 1.40. The van der Waals surface area contributed by atoms with Gasteiger partial charge in [-0.2, -0.15) is 0 Å². The van der Waals surface area contributed by atoms with Gasteiger partial charge in [0.15, 0.2) is 0 Å². The lowest BCUT2D eigenvalue weighted by molar-refractivity contribution is 0.205. The highest BCUT2D eigenvalue weighted by molar-refractivity contribution is 4.91. The van der Waals surface area contributed by atoms with Gasteiger partial charge >= 0.3 is 0 Å². The van der Waals surface area contributed by atoms with Crippen LogP contribution >= 0.6 is 0 Å². The highest BCUT2D eigenvalue weighted by Gasteiger charge is 2.34. The van der Waals surface area contributed by atoms with Crippen LogP contribution < -0.4 is 5.32 Å². The van der Waals surface area contributed by atoms with Crippen LogP contribution in [0.1, 0.15) is 33.1 Å². The van der Waals surface area contributed by atoms with Gasteiger partial charge < -0.3 is 10.2 Å². The van der Waals surface area contributed by atoms with E-state index in [2.05, 4.69) is 43.1 Å². The average molecular weight is 239 g/mol. The predicted molar refractivity (Wildman–Crippen MR) is 73.3 cm³/mol. The maximum absolute atomic E-state index is 3.69. The molecule has 1 aliphatic heterocycles. The largest absolute Gasteiger partial charge is 0.312 e. The zero-order valence-electron chi connectivity index (χ0n) is 11.9. The minimum absolute atomic E-state index is 0.739. The second-order valence-corrected chi connectivity index (χ2v) is 6.21. The van der Waals surface area contributed by atoms with E-state index in [1.54, 1.807) is 0 Å². The Labute approximate surface area is 107 Å². The molecule has 3 atom stereocenters. The van der Waals surface area contributed by atoms with Gasteiger partial charge in [0.05, 0.1) is 0 Å². The number of likely N-dealkylation sites (N-methyl/N-ethyl adjacent to an activating group) is 1. The molecule has 0 bridgehead atoms. The normalized spacial score (nSPS) is 32.3. The van der Waals surface area contributed by atoms with Crippen LogP contribution in [-0.2, 0) is 0 Å². The van der Waals surface area contributed by atoms with Crippen LogP contribution in [0.5, 0.6) is 0 Å². The summed E-state index contributed by atoms with van der Waals surface area (Å²) in [4.78, 5) is 5.09. The molecule has 3 unspecified atom stereocenters. The zero-order valence-corrected chi connectivity index (χ0v) is 11.9. The minimum atomic E-state index is 0.739. The fourth-order valence-electron chi connectivity index (χ4n) is 3.08. The molecule has 0 aromatic carbocycles. The Morgan fingerprint density at radius 2 is 2.00 bits per heavy atom. The van der Waals surface area contributed by atoms with Crippen molar-refractivity contribution >= 4 is 0 Å². The summed E-state index contributed by atoms with van der Waals surface area (Å²) in [5, 5.41) is 3.69. The number of likely N-dealkylation sites (tertiary alicyclic amines) is 1. The Morgan fingerprint density at radius 3 is 2.47 bits per heavy atom. The second kappa shape index (κ2) is 5.68. The fraction of sp³-hybridized carbons (Fsp3) is 1.00. The summed E-state index contributed by atoms with van der Waals surface area (Å²) in [5.41, 5.74) is 0. The molecule has 2 aliphatic rings. The fourth-order valence-corrected chi connectivity index (χ4v) is 3.08. The van der Waals surface area contributed by atoms with Crippen LogP contribution in [0.3, 0.4) is 0 Å². The summed E-state index contributed by atoms with van der Waals surface area (Å²) < 4.78 is 0. The van der Waals surface area contributed by atoms with E-state index in [1.165, 1.54) is 38.9 Å². The molecule has 3 nitrogen and oxygen atoms in total. The van der Waals surface area contributed by atoms with E-state index in [0.29, 0.717) is 0 Å². The topological polar surface area (TPSA) is 18.5 Å². The van der Waals surface area contributed by atoms with Crippen LogP contribution in [0.25, 0.3) is 0 Å². The van der Waals surface area contributed by atoms with Crippen LogP contribution in [-0.4, -0.2) is 61.7 Å². The lowest BCUT2D eigenvalue weighted by atomic mass is 10.1. The zero-order chi connectivity index (χ0) is 12.4. The van der Waals surface area contributed by atoms with E-state index in [-0.39, 0.29) is 0 Å². The maximum atomic E-state index is 3.69. The third kappa shape index (κ3) is 3.43. The van der Waals surface area contributed by atoms with Crippen molar-refractivity contribution < 1.29 is 0 Å². The van der Waals surface area contributed by atoms with Crippen molar-refractivity contribution in [3.63, 3.8) is 0 Å². The number of nitrogens with zero attached hydrogens (tertiary/aromatic N) is 2. The number of hydrogen-bond donors (Lipinski definition) is 1. The molecular formula is C14H29N3. The van der Waals surface area contributed by atoms with Crippen molar-refractivity contribution in [2.45, 2.75) is 51.2 Å². The van der Waals surface area contributed by atoms with E-state index in [0.717, 1.165) is 24.0 Å². The standard InChI is InChI=1S/C14H29N3/c1-5-13(8-15-12-6-7-12)17-9-11(2)14(10-17)16(3)4/h11-15H,5-10H2,1-4H3. The van der Waals surface area contributed by atoms with Crippen molar-refractivity contribution in [3.8, 4) is 0 Å². The molecule has 0 radical (unpaired) electrons. The molecule has 17 heavy (non-hydrogen) atoms. The second-order valence-electron chi connectivity index (χ2n) is 6.21. The molecule has 1 saturated heterocycles. The molecule has 1 saturated carbocycles. The van der Waals surface area contributed by atoms with E-state index in [4.69, 9.17) is 0 Å². The molecule has 3 heteroatoms. The van der Waals surface area contributed by atoms with E-state index in [1.807, 2.05) is 0 Å². The molecule has 1 heterocycles. The number of rotatable bonds is 6. The van der Waals surface area contributed by atoms with E-state index >= 15 is 0 Å². The molecule has 1 aliphatic carbocycles. The van der Waals surface area contributed by atoms with Gasteiger partial charge in [0.1, 0.15) is 0 Å². The molecule has 0 spiro atoms. The van der Waals surface area contributed by atoms with Gasteiger partial charge in [-0.1, -0.05) is 13.8 Å². The van der Waals surface area contributed by atoms with Gasteiger partial charge in [-0.05, 0) is 39.3 Å². The average Bonchev–Trinajstić information content (AvgIpc) is 3.02. The SMILES string of the molecule is CCC(CNC1CC1)N1CC(C)C(N(C)C)C1. The van der Waals surface area contributed by atoms with Gasteiger partial charge in [-0.15, -0.1) is 0 Å². The lowest BCUT2D eigenvalue weighted by Gasteiger charge is -2.28. The molecule has 2 fully saturated rings. The Hall–Kier alpha value is -0.120. The first-order valence-corrected chi connectivity index (χ1v) is 7.25. The smallest absolute Gasteiger partial charge is 0.0254 e. The van der Waals surface area contributed by atoms with Crippen molar-refractivity contribution in [3.05, 3.63) is 0 Å². The molecule has 0 amide bonds. The van der Waals surface area contributed by atoms with Crippen LogP contribution in [0.4, 0.5) is 0 Å². The first-order chi connectivity index (χ1) is 8.11. The summed E-state index contributed by atoms with van der Waals surface area (Å²) in [6, 6.07) is 2.32. The highest BCUT2D eigenvalue weighted by Crippen LogP contribution is 2.24. The molecule has 2 rings (SSSR count). The monoisotopic (exact) mass is 239 g/mol. The van der Waals surface area contributed by atoms with Gasteiger partial charge in [-0.25, -0.2) is 0 Å². The third-order valence-corrected chi connectivity index (χ3v) is 4.47. The Bertz CT molecular complexity index is 238. The van der Waals surface area contributed by atoms with Crippen LogP contribution in [0.15, 0.2) is 0 Å². The molecule has 0 aromatic heterocycles. The van der Waals surface area contributed by atoms with Crippen molar-refractivity contribution in [1.29, 1.82) is 0 Å². The molecular weight excluding hydrogens is 210 g/mol. The Morgan fingerprint density at radius 1 is 1.29 bits per heavy atom.